The van der Waals surface area contributed by atoms with E-state index in [1.165, 1.54) is 6.07 Å². The molecule has 0 aliphatic carbocycles. The lowest BCUT2D eigenvalue weighted by Crippen LogP contribution is -1.80. The summed E-state index contributed by atoms with van der Waals surface area (Å²) in [5.74, 6) is 1.48. The molecule has 0 fully saturated rings. The van der Waals surface area contributed by atoms with Crippen LogP contribution in [0, 0.1) is 0 Å². The lowest BCUT2D eigenvalue weighted by Gasteiger charge is -1.88. The second kappa shape index (κ2) is 1.13. The van der Waals surface area contributed by atoms with Gasteiger partial charge in [-0.05, 0) is 12.1 Å². The third-order valence-corrected chi connectivity index (χ3v) is 1.31. The highest BCUT2D eigenvalue weighted by Crippen LogP contribution is 2.52. The van der Waals surface area contributed by atoms with Crippen LogP contribution in [-0.2, 0) is 0 Å². The lowest BCUT2D eigenvalue weighted by atomic mass is 10.3. The molecule has 1 aliphatic heterocycles. The minimum atomic E-state index is 0.0891. The molecule has 46 valence electrons. The largest absolute Gasteiger partial charge is 0.506 e. The zero-order valence-corrected chi connectivity index (χ0v) is 4.59. The van der Waals surface area contributed by atoms with Gasteiger partial charge in [0.25, 0.3) is 0 Å². The average Bonchev–Trinajstić information content (AvgIpc) is 2.58. The fraction of sp³-hybridized carbons (Fsp3) is 0. The Kier molecular flexibility index (Phi) is 0.563. The van der Waals surface area contributed by atoms with E-state index >= 15 is 0 Å². The van der Waals surface area contributed by atoms with E-state index in [4.69, 9.17) is 15.6 Å². The van der Waals surface area contributed by atoms with Gasteiger partial charge in [-0.2, -0.15) is 0 Å². The number of fused-ring (bicyclic) bond motifs is 1. The number of phenols is 1. The highest BCUT2D eigenvalue weighted by Gasteiger charge is 2.24. The van der Waals surface area contributed by atoms with Crippen LogP contribution in [0.15, 0.2) is 12.1 Å². The maximum atomic E-state index is 8.93. The summed E-state index contributed by atoms with van der Waals surface area (Å²) in [6.07, 6.45) is 0. The molecule has 1 aromatic carbocycles. The van der Waals surface area contributed by atoms with Crippen LogP contribution >= 0.6 is 0 Å². The SMILES string of the molecule is Nc1c(O)ccc2c1O2. The van der Waals surface area contributed by atoms with Gasteiger partial charge in [-0.15, -0.1) is 0 Å². The van der Waals surface area contributed by atoms with Crippen molar-refractivity contribution in [3.05, 3.63) is 12.1 Å². The van der Waals surface area contributed by atoms with Gasteiger partial charge in [-0.1, -0.05) is 0 Å². The molecule has 0 spiro atoms. The fourth-order valence-electron chi connectivity index (χ4n) is 0.743. The van der Waals surface area contributed by atoms with Crippen molar-refractivity contribution >= 4 is 5.69 Å². The highest BCUT2D eigenvalue weighted by atomic mass is 16.6. The molecule has 9 heavy (non-hydrogen) atoms. The van der Waals surface area contributed by atoms with Gasteiger partial charge < -0.3 is 15.6 Å². The Morgan fingerprint density at radius 3 is 2.89 bits per heavy atom. The van der Waals surface area contributed by atoms with Gasteiger partial charge in [0.2, 0.25) is 0 Å². The van der Waals surface area contributed by atoms with E-state index in [1.807, 2.05) is 0 Å². The number of hydrogen-bond donors (Lipinski definition) is 2. The molecule has 3 N–H and O–H groups in total. The summed E-state index contributed by atoms with van der Waals surface area (Å²) >= 11 is 0. The molecule has 1 heterocycles. The molecule has 0 saturated heterocycles. The molecule has 0 atom stereocenters. The number of phenolic OH excluding ortho intramolecular Hbond substituents is 1. The van der Waals surface area contributed by atoms with Gasteiger partial charge in [0.05, 0.1) is 0 Å². The fourth-order valence-corrected chi connectivity index (χ4v) is 0.743. The van der Waals surface area contributed by atoms with E-state index in [1.54, 1.807) is 6.07 Å². The minimum Gasteiger partial charge on any atom is -0.506 e. The van der Waals surface area contributed by atoms with Crippen molar-refractivity contribution in [2.75, 3.05) is 5.73 Å². The van der Waals surface area contributed by atoms with Crippen LogP contribution in [-0.4, -0.2) is 5.11 Å². The van der Waals surface area contributed by atoms with Crippen molar-refractivity contribution in [1.29, 1.82) is 0 Å². The van der Waals surface area contributed by atoms with Crippen LogP contribution in [0.25, 0.3) is 0 Å². The molecule has 0 saturated carbocycles. The van der Waals surface area contributed by atoms with Crippen LogP contribution in [0.1, 0.15) is 0 Å². The second-order valence-electron chi connectivity index (χ2n) is 1.93. The van der Waals surface area contributed by atoms with Crippen molar-refractivity contribution in [3.8, 4) is 17.2 Å². The monoisotopic (exact) mass is 123 g/mol. The summed E-state index contributed by atoms with van der Waals surface area (Å²) in [7, 11) is 0. The third-order valence-electron chi connectivity index (χ3n) is 1.31. The van der Waals surface area contributed by atoms with E-state index < -0.39 is 0 Å². The number of nitrogen functional groups attached to an aromatic ring is 1. The number of aromatic hydroxyl groups is 1. The number of nitrogens with two attached hydrogens (primary N) is 1. The second-order valence-corrected chi connectivity index (χ2v) is 1.93. The van der Waals surface area contributed by atoms with Crippen molar-refractivity contribution in [1.82, 2.24) is 0 Å². The maximum absolute atomic E-state index is 8.93. The number of anilines is 1. The Morgan fingerprint density at radius 2 is 2.22 bits per heavy atom. The van der Waals surface area contributed by atoms with Crippen molar-refractivity contribution < 1.29 is 9.84 Å². The first-order valence-electron chi connectivity index (χ1n) is 2.58. The Bertz CT molecular complexity index is 266. The van der Waals surface area contributed by atoms with E-state index in [0.29, 0.717) is 11.4 Å². The third kappa shape index (κ3) is 0.455. The van der Waals surface area contributed by atoms with Gasteiger partial charge >= 0.3 is 0 Å². The maximum Gasteiger partial charge on any atom is 0.196 e. The quantitative estimate of drug-likeness (QED) is 0.313. The first-order chi connectivity index (χ1) is 4.29. The molecule has 1 aliphatic rings. The average molecular weight is 123 g/mol. The zero-order chi connectivity index (χ0) is 6.43. The van der Waals surface area contributed by atoms with Crippen LogP contribution in [0.4, 0.5) is 5.69 Å². The zero-order valence-electron chi connectivity index (χ0n) is 4.59. The molecular formula is C6H5NO2. The summed E-state index contributed by atoms with van der Waals surface area (Å²) in [5.41, 5.74) is 5.70. The van der Waals surface area contributed by atoms with Gasteiger partial charge in [0.15, 0.2) is 11.5 Å². The number of rotatable bonds is 0. The van der Waals surface area contributed by atoms with Gasteiger partial charge in [0, 0.05) is 0 Å². The van der Waals surface area contributed by atoms with Crippen LogP contribution in [0.3, 0.4) is 0 Å². The summed E-state index contributed by atoms with van der Waals surface area (Å²) in [6.45, 7) is 0. The van der Waals surface area contributed by atoms with Crippen LogP contribution in [0.2, 0.25) is 0 Å². The molecule has 0 aromatic heterocycles. The number of benzene rings is 1. The molecule has 3 heteroatoms. The molecule has 1 aromatic rings. The van der Waals surface area contributed by atoms with Gasteiger partial charge in [-0.25, -0.2) is 0 Å². The van der Waals surface area contributed by atoms with E-state index in [-0.39, 0.29) is 5.75 Å². The molecule has 3 nitrogen and oxygen atoms in total. The standard InChI is InChI=1S/C6H5NO2/c7-5-3(8)1-2-4-6(5)9-4/h1-2,8H,7H2. The van der Waals surface area contributed by atoms with Crippen molar-refractivity contribution in [3.63, 3.8) is 0 Å². The van der Waals surface area contributed by atoms with Gasteiger partial charge in [0.1, 0.15) is 11.4 Å². The highest BCUT2D eigenvalue weighted by molar-refractivity contribution is 5.75. The number of hydrogen-bond acceptors (Lipinski definition) is 3. The Balaban J connectivity index is 2.70. The summed E-state index contributed by atoms with van der Waals surface area (Å²) < 4.78 is 4.86. The van der Waals surface area contributed by atoms with Crippen LogP contribution < -0.4 is 10.5 Å². The Labute approximate surface area is 51.7 Å². The predicted octanol–water partition coefficient (Wildman–Crippen LogP) is 1.08. The molecule has 0 bridgehead atoms. The summed E-state index contributed by atoms with van der Waals surface area (Å²) in [5, 5.41) is 8.93. The summed E-state index contributed by atoms with van der Waals surface area (Å²) in [6, 6.07) is 3.20. The molecular weight excluding hydrogens is 118 g/mol. The van der Waals surface area contributed by atoms with E-state index in [9.17, 15) is 0 Å². The van der Waals surface area contributed by atoms with Crippen LogP contribution in [0.5, 0.6) is 17.2 Å². The van der Waals surface area contributed by atoms with Crippen molar-refractivity contribution in [2.45, 2.75) is 0 Å². The number of ether oxygens (including phenoxy) is 1. The minimum absolute atomic E-state index is 0.0891. The van der Waals surface area contributed by atoms with E-state index in [2.05, 4.69) is 0 Å². The molecule has 0 amide bonds. The Hall–Kier alpha value is -1.38. The first-order valence-corrected chi connectivity index (χ1v) is 2.58. The van der Waals surface area contributed by atoms with Gasteiger partial charge in [-0.3, -0.25) is 0 Å². The Morgan fingerprint density at radius 1 is 1.44 bits per heavy atom. The predicted molar refractivity (Wildman–Crippen MR) is 32.6 cm³/mol. The topological polar surface area (TPSA) is 58.8 Å². The lowest BCUT2D eigenvalue weighted by molar-refractivity contribution is 0.478. The smallest absolute Gasteiger partial charge is 0.196 e. The molecule has 0 unspecified atom stereocenters. The normalized spacial score (nSPS) is 12.0. The van der Waals surface area contributed by atoms with E-state index in [0.717, 1.165) is 5.75 Å². The first kappa shape index (κ1) is 4.49. The molecule has 0 radical (unpaired) electrons. The van der Waals surface area contributed by atoms with Crippen molar-refractivity contribution in [2.24, 2.45) is 0 Å². The summed E-state index contributed by atoms with van der Waals surface area (Å²) in [4.78, 5) is 0. The molecule has 2 rings (SSSR count).